The van der Waals surface area contributed by atoms with Crippen LogP contribution in [0.1, 0.15) is 6.92 Å². The van der Waals surface area contributed by atoms with Gasteiger partial charge in [-0.05, 0) is 18.2 Å². The van der Waals surface area contributed by atoms with E-state index < -0.39 is 0 Å². The summed E-state index contributed by atoms with van der Waals surface area (Å²) in [6.45, 7) is 4.01. The number of halogens is 2. The third kappa shape index (κ3) is 4.25. The van der Waals surface area contributed by atoms with E-state index in [1.54, 1.807) is 34.9 Å². The molecule has 5 nitrogen and oxygen atoms in total. The van der Waals surface area contributed by atoms with Crippen LogP contribution in [-0.2, 0) is 9.59 Å². The van der Waals surface area contributed by atoms with E-state index in [1.807, 2.05) is 0 Å². The Bertz CT molecular complexity index is 543. The first-order valence-electron chi connectivity index (χ1n) is 6.69. The van der Waals surface area contributed by atoms with Crippen molar-refractivity contribution in [2.45, 2.75) is 6.92 Å². The monoisotopic (exact) mass is 329 g/mol. The Hall–Kier alpha value is -1.46. The summed E-state index contributed by atoms with van der Waals surface area (Å²) in [5.74, 6) is 0.0392. The summed E-state index contributed by atoms with van der Waals surface area (Å²) >= 11 is 11.9. The molecule has 0 bridgehead atoms. The summed E-state index contributed by atoms with van der Waals surface area (Å²) in [6.07, 6.45) is 0. The van der Waals surface area contributed by atoms with E-state index in [2.05, 4.69) is 5.32 Å². The average Bonchev–Trinajstić information content (AvgIpc) is 2.46. The van der Waals surface area contributed by atoms with Gasteiger partial charge in [-0.3, -0.25) is 9.59 Å². The number of hydrogen-bond donors (Lipinski definition) is 1. The van der Waals surface area contributed by atoms with Crippen molar-refractivity contribution in [2.24, 2.45) is 0 Å². The zero-order valence-corrected chi connectivity index (χ0v) is 13.2. The van der Waals surface area contributed by atoms with E-state index in [-0.39, 0.29) is 18.4 Å². The molecule has 114 valence electrons. The smallest absolute Gasteiger partial charge is 0.241 e. The van der Waals surface area contributed by atoms with Gasteiger partial charge < -0.3 is 15.1 Å². The molecule has 1 aliphatic heterocycles. The molecule has 2 rings (SSSR count). The minimum absolute atomic E-state index is 0.00998. The Balaban J connectivity index is 1.84. The second-order valence-corrected chi connectivity index (χ2v) is 5.71. The molecule has 0 spiro atoms. The Morgan fingerprint density at radius 3 is 2.33 bits per heavy atom. The van der Waals surface area contributed by atoms with Crippen molar-refractivity contribution in [3.63, 3.8) is 0 Å². The van der Waals surface area contributed by atoms with Crippen LogP contribution in [0, 0.1) is 0 Å². The maximum absolute atomic E-state index is 12.1. The molecule has 1 aromatic rings. The minimum Gasteiger partial charge on any atom is -0.375 e. The number of carbonyl (C=O) groups excluding carboxylic acids is 2. The fourth-order valence-corrected chi connectivity index (χ4v) is 2.66. The lowest BCUT2D eigenvalue weighted by molar-refractivity contribution is -0.137. The minimum atomic E-state index is -0.00998. The van der Waals surface area contributed by atoms with Gasteiger partial charge in [-0.15, -0.1) is 0 Å². The number of piperazine rings is 1. The SMILES string of the molecule is CC(=O)N1CCN(C(=O)CNc2ccc(Cl)cc2Cl)CC1. The zero-order chi connectivity index (χ0) is 15.4. The molecule has 0 saturated carbocycles. The van der Waals surface area contributed by atoms with Gasteiger partial charge in [0.2, 0.25) is 11.8 Å². The van der Waals surface area contributed by atoms with Crippen LogP contribution in [0.3, 0.4) is 0 Å². The maximum Gasteiger partial charge on any atom is 0.241 e. The Kier molecular flexibility index (Phi) is 5.31. The first-order chi connectivity index (χ1) is 9.97. The summed E-state index contributed by atoms with van der Waals surface area (Å²) in [6, 6.07) is 5.08. The number of benzene rings is 1. The molecule has 1 N–H and O–H groups in total. The van der Waals surface area contributed by atoms with Crippen LogP contribution >= 0.6 is 23.2 Å². The van der Waals surface area contributed by atoms with E-state index in [0.29, 0.717) is 41.9 Å². The van der Waals surface area contributed by atoms with Crippen LogP contribution in [0.5, 0.6) is 0 Å². The van der Waals surface area contributed by atoms with Crippen LogP contribution in [0.4, 0.5) is 5.69 Å². The van der Waals surface area contributed by atoms with E-state index in [9.17, 15) is 9.59 Å². The quantitative estimate of drug-likeness (QED) is 0.923. The highest BCUT2D eigenvalue weighted by molar-refractivity contribution is 6.36. The highest BCUT2D eigenvalue weighted by Gasteiger charge is 2.22. The number of rotatable bonds is 3. The first-order valence-corrected chi connectivity index (χ1v) is 7.45. The molecule has 7 heteroatoms. The first kappa shape index (κ1) is 15.9. The van der Waals surface area contributed by atoms with E-state index in [1.165, 1.54) is 0 Å². The predicted molar refractivity (Wildman–Crippen MR) is 83.8 cm³/mol. The third-order valence-electron chi connectivity index (χ3n) is 3.44. The van der Waals surface area contributed by atoms with Crippen molar-refractivity contribution >= 4 is 40.7 Å². The highest BCUT2D eigenvalue weighted by Crippen LogP contribution is 2.25. The lowest BCUT2D eigenvalue weighted by Gasteiger charge is -2.34. The molecule has 1 heterocycles. The van der Waals surface area contributed by atoms with E-state index in [4.69, 9.17) is 23.2 Å². The van der Waals surface area contributed by atoms with Crippen LogP contribution in [0.15, 0.2) is 18.2 Å². The van der Waals surface area contributed by atoms with Crippen LogP contribution < -0.4 is 5.32 Å². The van der Waals surface area contributed by atoms with Gasteiger partial charge in [0.15, 0.2) is 0 Å². The van der Waals surface area contributed by atoms with Gasteiger partial charge in [0.05, 0.1) is 17.3 Å². The summed E-state index contributed by atoms with van der Waals surface area (Å²) < 4.78 is 0. The lowest BCUT2D eigenvalue weighted by Crippen LogP contribution is -2.51. The van der Waals surface area contributed by atoms with Gasteiger partial charge >= 0.3 is 0 Å². The second-order valence-electron chi connectivity index (χ2n) is 4.86. The van der Waals surface area contributed by atoms with Gasteiger partial charge in [0, 0.05) is 38.1 Å². The van der Waals surface area contributed by atoms with Crippen molar-refractivity contribution in [2.75, 3.05) is 38.0 Å². The topological polar surface area (TPSA) is 52.7 Å². The van der Waals surface area contributed by atoms with Crippen molar-refractivity contribution in [1.82, 2.24) is 9.80 Å². The molecular formula is C14H17Cl2N3O2. The molecule has 0 atom stereocenters. The fraction of sp³-hybridized carbons (Fsp3) is 0.429. The lowest BCUT2D eigenvalue weighted by atomic mass is 10.3. The third-order valence-corrected chi connectivity index (χ3v) is 3.99. The molecular weight excluding hydrogens is 313 g/mol. The molecule has 0 aromatic heterocycles. The molecule has 1 fully saturated rings. The number of nitrogens with one attached hydrogen (secondary N) is 1. The molecule has 0 radical (unpaired) electrons. The normalized spacial score (nSPS) is 15.0. The summed E-state index contributed by atoms with van der Waals surface area (Å²) in [4.78, 5) is 26.8. The molecule has 0 unspecified atom stereocenters. The Morgan fingerprint density at radius 2 is 1.76 bits per heavy atom. The van der Waals surface area contributed by atoms with Gasteiger partial charge in [-0.25, -0.2) is 0 Å². The van der Waals surface area contributed by atoms with Crippen molar-refractivity contribution in [3.8, 4) is 0 Å². The molecule has 2 amide bonds. The molecule has 1 aliphatic rings. The van der Waals surface area contributed by atoms with E-state index >= 15 is 0 Å². The summed E-state index contributed by atoms with van der Waals surface area (Å²) in [5, 5.41) is 4.04. The number of nitrogens with zero attached hydrogens (tertiary/aromatic N) is 2. The van der Waals surface area contributed by atoms with Crippen LogP contribution in [-0.4, -0.2) is 54.3 Å². The van der Waals surface area contributed by atoms with Gasteiger partial charge in [-0.1, -0.05) is 23.2 Å². The van der Waals surface area contributed by atoms with Gasteiger partial charge in [0.25, 0.3) is 0 Å². The molecule has 21 heavy (non-hydrogen) atoms. The molecule has 1 aromatic carbocycles. The average molecular weight is 330 g/mol. The molecule has 1 saturated heterocycles. The van der Waals surface area contributed by atoms with Crippen molar-refractivity contribution in [1.29, 1.82) is 0 Å². The predicted octanol–water partition coefficient (Wildman–Crippen LogP) is 2.10. The van der Waals surface area contributed by atoms with Gasteiger partial charge in [-0.2, -0.15) is 0 Å². The molecule has 0 aliphatic carbocycles. The summed E-state index contributed by atoms with van der Waals surface area (Å²) in [7, 11) is 0. The number of hydrogen-bond acceptors (Lipinski definition) is 3. The maximum atomic E-state index is 12.1. The Morgan fingerprint density at radius 1 is 1.14 bits per heavy atom. The number of amides is 2. The van der Waals surface area contributed by atoms with E-state index in [0.717, 1.165) is 0 Å². The second kappa shape index (κ2) is 7.00. The Labute approximate surface area is 133 Å². The van der Waals surface area contributed by atoms with Crippen molar-refractivity contribution in [3.05, 3.63) is 28.2 Å². The highest BCUT2D eigenvalue weighted by atomic mass is 35.5. The standard InChI is InChI=1S/C14H17Cl2N3O2/c1-10(20)18-4-6-19(7-5-18)14(21)9-17-13-3-2-11(15)8-12(13)16/h2-3,8,17H,4-7,9H2,1H3. The van der Waals surface area contributed by atoms with Crippen LogP contribution in [0.25, 0.3) is 0 Å². The largest absolute Gasteiger partial charge is 0.375 e. The van der Waals surface area contributed by atoms with Crippen molar-refractivity contribution < 1.29 is 9.59 Å². The number of anilines is 1. The van der Waals surface area contributed by atoms with Crippen LogP contribution in [0.2, 0.25) is 10.0 Å². The van der Waals surface area contributed by atoms with Gasteiger partial charge in [0.1, 0.15) is 0 Å². The fourth-order valence-electron chi connectivity index (χ4n) is 2.19. The summed E-state index contributed by atoms with van der Waals surface area (Å²) in [5.41, 5.74) is 0.678. The number of carbonyl (C=O) groups is 2. The zero-order valence-electron chi connectivity index (χ0n) is 11.7.